The highest BCUT2D eigenvalue weighted by Gasteiger charge is 2.11. The Morgan fingerprint density at radius 3 is 2.30 bits per heavy atom. The Balaban J connectivity index is 1.81. The fraction of sp³-hybridized carbons (Fsp3) is 0.292. The molecule has 0 unspecified atom stereocenters. The second-order valence-electron chi connectivity index (χ2n) is 6.68. The highest BCUT2D eigenvalue weighted by atomic mass is 17.5. The normalized spacial score (nSPS) is 10.4. The van der Waals surface area contributed by atoms with E-state index in [4.69, 9.17) is 23.8 Å². The van der Waals surface area contributed by atoms with Crippen molar-refractivity contribution in [1.29, 1.82) is 0 Å². The van der Waals surface area contributed by atoms with Crippen LogP contribution < -0.4 is 9.47 Å². The van der Waals surface area contributed by atoms with Gasteiger partial charge in [-0.1, -0.05) is 25.3 Å². The first-order valence-electron chi connectivity index (χ1n) is 9.94. The van der Waals surface area contributed by atoms with Crippen molar-refractivity contribution in [1.82, 2.24) is 0 Å². The maximum atomic E-state index is 12.5. The van der Waals surface area contributed by atoms with Crippen molar-refractivity contribution in [3.63, 3.8) is 0 Å². The summed E-state index contributed by atoms with van der Waals surface area (Å²) in [7, 11) is 3.00. The molecule has 0 spiro atoms. The van der Waals surface area contributed by atoms with Gasteiger partial charge in [0.25, 0.3) is 0 Å². The van der Waals surface area contributed by atoms with E-state index in [1.165, 1.54) is 7.11 Å². The summed E-state index contributed by atoms with van der Waals surface area (Å²) in [6.07, 6.45) is 0.356. The number of methoxy groups -OCH3 is 2. The van der Waals surface area contributed by atoms with E-state index in [0.717, 1.165) is 5.56 Å². The fourth-order valence-electron chi connectivity index (χ4n) is 2.48. The molecule has 0 amide bonds. The maximum Gasteiger partial charge on any atom is 0.343 e. The molecule has 0 aromatic heterocycles. The Hall–Kier alpha value is -3.37. The molecule has 9 nitrogen and oxygen atoms in total. The molecule has 2 aromatic rings. The predicted molar refractivity (Wildman–Crippen MR) is 119 cm³/mol. The van der Waals surface area contributed by atoms with Gasteiger partial charge in [-0.25, -0.2) is 4.79 Å². The zero-order valence-electron chi connectivity index (χ0n) is 19.0. The van der Waals surface area contributed by atoms with Crippen LogP contribution >= 0.6 is 0 Å². The molecule has 0 bridgehead atoms. The van der Waals surface area contributed by atoms with Crippen molar-refractivity contribution in [2.45, 2.75) is 13.3 Å². The smallest absolute Gasteiger partial charge is 0.343 e. The first kappa shape index (κ1) is 25.9. The Morgan fingerprint density at radius 2 is 1.64 bits per heavy atom. The third-order valence-electron chi connectivity index (χ3n) is 4.15. The molecule has 2 aromatic carbocycles. The molecule has 2 rings (SSSR count). The van der Waals surface area contributed by atoms with Crippen LogP contribution in [0.4, 0.5) is 0 Å². The Labute approximate surface area is 192 Å². The number of carbonyl (C=O) groups is 1. The molecule has 0 radical (unpaired) electrons. The minimum Gasteiger partial charge on any atom is -0.493 e. The van der Waals surface area contributed by atoms with E-state index in [9.17, 15) is 4.79 Å². The van der Waals surface area contributed by atoms with Gasteiger partial charge in [0.1, 0.15) is 23.0 Å². The zero-order valence-corrected chi connectivity index (χ0v) is 19.0. The lowest BCUT2D eigenvalue weighted by atomic mass is 10.1. The lowest BCUT2D eigenvalue weighted by molar-refractivity contribution is -0.512. The highest BCUT2D eigenvalue weighted by Crippen LogP contribution is 2.24. The number of benzene rings is 2. The van der Waals surface area contributed by atoms with E-state index in [-0.39, 0.29) is 20.2 Å². The molecular formula is C24H28O9. The summed E-state index contributed by atoms with van der Waals surface area (Å²) in [6, 6.07) is 11.8. The van der Waals surface area contributed by atoms with Crippen molar-refractivity contribution >= 4 is 11.7 Å². The Morgan fingerprint density at radius 1 is 0.939 bits per heavy atom. The van der Waals surface area contributed by atoms with Gasteiger partial charge in [-0.2, -0.15) is 4.89 Å². The summed E-state index contributed by atoms with van der Waals surface area (Å²) < 4.78 is 26.0. The van der Waals surface area contributed by atoms with Gasteiger partial charge in [0.05, 0.1) is 12.2 Å². The molecule has 178 valence electrons. The fourth-order valence-corrected chi connectivity index (χ4v) is 2.48. The molecule has 0 fully saturated rings. The van der Waals surface area contributed by atoms with Gasteiger partial charge in [-0.15, -0.1) is 0 Å². The second kappa shape index (κ2) is 13.9. The van der Waals surface area contributed by atoms with Crippen LogP contribution in [0.3, 0.4) is 0 Å². The van der Waals surface area contributed by atoms with E-state index < -0.39 is 5.97 Å². The number of esters is 1. The molecular weight excluding hydrogens is 432 g/mol. The molecule has 0 saturated heterocycles. The van der Waals surface area contributed by atoms with Crippen LogP contribution in [0.15, 0.2) is 61.4 Å². The van der Waals surface area contributed by atoms with Gasteiger partial charge in [0, 0.05) is 26.2 Å². The number of rotatable bonds is 15. The van der Waals surface area contributed by atoms with Gasteiger partial charge >= 0.3 is 5.97 Å². The van der Waals surface area contributed by atoms with Crippen LogP contribution in [0.5, 0.6) is 11.5 Å². The zero-order chi connectivity index (χ0) is 24.1. The van der Waals surface area contributed by atoms with Crippen molar-refractivity contribution in [2.24, 2.45) is 0 Å². The van der Waals surface area contributed by atoms with Gasteiger partial charge in [0.2, 0.25) is 0 Å². The highest BCUT2D eigenvalue weighted by molar-refractivity contribution is 5.91. The molecule has 0 atom stereocenters. The lowest BCUT2D eigenvalue weighted by Gasteiger charge is -2.11. The topological polar surface area (TPSA) is 90.9 Å². The number of aryl methyl sites for hydroxylation is 1. The van der Waals surface area contributed by atoms with Crippen LogP contribution in [0.1, 0.15) is 27.9 Å². The summed E-state index contributed by atoms with van der Waals surface area (Å²) in [5.41, 5.74) is 1.93. The molecule has 0 aliphatic rings. The van der Waals surface area contributed by atoms with Gasteiger partial charge < -0.3 is 28.6 Å². The van der Waals surface area contributed by atoms with E-state index in [1.807, 2.05) is 6.92 Å². The van der Waals surface area contributed by atoms with Gasteiger partial charge in [-0.05, 0) is 47.9 Å². The quantitative estimate of drug-likeness (QED) is 0.0721. The first-order valence-corrected chi connectivity index (χ1v) is 9.94. The van der Waals surface area contributed by atoms with E-state index in [1.54, 1.807) is 49.6 Å². The lowest BCUT2D eigenvalue weighted by Crippen LogP contribution is -2.09. The van der Waals surface area contributed by atoms with Crippen LogP contribution in [0.2, 0.25) is 0 Å². The average Bonchev–Trinajstić information content (AvgIpc) is 2.81. The summed E-state index contributed by atoms with van der Waals surface area (Å²) in [4.78, 5) is 21.8. The summed E-state index contributed by atoms with van der Waals surface area (Å²) in [5, 5.41) is 4.43. The predicted octanol–water partition coefficient (Wildman–Crippen LogP) is 4.57. The van der Waals surface area contributed by atoms with Crippen LogP contribution in [0, 0.1) is 6.92 Å². The first-order chi connectivity index (χ1) is 15.9. The molecule has 0 aliphatic carbocycles. The molecule has 0 saturated carbocycles. The molecule has 0 heterocycles. The molecule has 0 aliphatic heterocycles. The SMILES string of the molecule is C=C(CCOC(=C)c1ccc(C(=O)Oc2ccc(OCOC)c(C)c2)cc1)OOOCOC. The van der Waals surface area contributed by atoms with E-state index >= 15 is 0 Å². The van der Waals surface area contributed by atoms with Gasteiger partial charge in [-0.3, -0.25) is 0 Å². The maximum absolute atomic E-state index is 12.5. The summed E-state index contributed by atoms with van der Waals surface area (Å²) in [6.45, 7) is 9.74. The number of hydrogen-bond acceptors (Lipinski definition) is 9. The van der Waals surface area contributed by atoms with Gasteiger partial charge in [0.15, 0.2) is 13.6 Å². The minimum absolute atomic E-state index is 0.0696. The van der Waals surface area contributed by atoms with E-state index in [2.05, 4.69) is 27.8 Å². The second-order valence-corrected chi connectivity index (χ2v) is 6.68. The van der Waals surface area contributed by atoms with Crippen LogP contribution in [0.25, 0.3) is 5.76 Å². The largest absolute Gasteiger partial charge is 0.493 e. The average molecular weight is 460 g/mol. The van der Waals surface area contributed by atoms with Crippen molar-refractivity contribution in [3.05, 3.63) is 78.1 Å². The monoisotopic (exact) mass is 460 g/mol. The van der Waals surface area contributed by atoms with Crippen molar-refractivity contribution in [2.75, 3.05) is 34.4 Å². The molecule has 33 heavy (non-hydrogen) atoms. The Bertz CT molecular complexity index is 922. The summed E-state index contributed by atoms with van der Waals surface area (Å²) >= 11 is 0. The Kier molecular flexibility index (Phi) is 10.9. The van der Waals surface area contributed by atoms with Crippen LogP contribution in [-0.2, 0) is 29.0 Å². The summed E-state index contributed by atoms with van der Waals surface area (Å²) in [5.74, 6) is 1.33. The molecule has 9 heteroatoms. The van der Waals surface area contributed by atoms with Crippen LogP contribution in [-0.4, -0.2) is 40.4 Å². The van der Waals surface area contributed by atoms with E-state index in [0.29, 0.717) is 40.6 Å². The third-order valence-corrected chi connectivity index (χ3v) is 4.15. The van der Waals surface area contributed by atoms with Crippen molar-refractivity contribution in [3.8, 4) is 11.5 Å². The standard InChI is InChI=1S/C24H28O9/c1-17-14-22(10-11-23(17)29-15-26-4)31-24(25)21-8-6-20(7-9-21)19(3)28-13-12-18(2)32-33-30-16-27-5/h6-11,14H,2-3,12-13,15-16H2,1,4-5H3. The minimum atomic E-state index is -0.484. The third kappa shape index (κ3) is 8.95. The number of hydrogen-bond donors (Lipinski definition) is 0. The number of ether oxygens (including phenoxy) is 5. The molecule has 0 N–H and O–H groups in total. The van der Waals surface area contributed by atoms with Crippen molar-refractivity contribution < 1.29 is 43.3 Å². The number of carbonyl (C=O) groups excluding carboxylic acids is 1.